The van der Waals surface area contributed by atoms with E-state index in [0.717, 1.165) is 110 Å². The summed E-state index contributed by atoms with van der Waals surface area (Å²) in [4.78, 5) is 51.0. The van der Waals surface area contributed by atoms with Gasteiger partial charge in [-0.25, -0.2) is 0 Å². The smallest absolute Gasteiger partial charge is 0.305 e. The van der Waals surface area contributed by atoms with Crippen LogP contribution in [0.3, 0.4) is 0 Å². The standard InChI is InChI=1S/C47H87N3O6/c1-6-10-20-29-40(30-21-11-7-2)33-38-55-42(51)31-22-16-14-18-24-35-50(37-26-34-49-45-44(48-5)46(53)47(45)54)36-25-19-15-17-23-32-43(52)56-39-41(27-12-8-3)28-13-9-4/h40-41,48-49H,6-39H2,1-5H3. The normalized spacial score (nSPS) is 11.6. The monoisotopic (exact) mass is 790 g/mol. The molecule has 0 fully saturated rings. The van der Waals surface area contributed by atoms with E-state index in [0.29, 0.717) is 55.8 Å². The minimum atomic E-state index is -0.441. The fourth-order valence-electron chi connectivity index (χ4n) is 7.71. The molecular weight excluding hydrogens is 703 g/mol. The highest BCUT2D eigenvalue weighted by Crippen LogP contribution is 2.22. The number of nitrogens with zero attached hydrogens (tertiary/aromatic N) is 1. The van der Waals surface area contributed by atoms with Crippen molar-refractivity contribution in [1.82, 2.24) is 4.90 Å². The van der Waals surface area contributed by atoms with E-state index in [4.69, 9.17) is 9.47 Å². The van der Waals surface area contributed by atoms with Crippen molar-refractivity contribution in [3.63, 3.8) is 0 Å². The molecule has 0 bridgehead atoms. The lowest BCUT2D eigenvalue weighted by atomic mass is 9.92. The minimum absolute atomic E-state index is 0.0371. The number of hydrogen-bond donors (Lipinski definition) is 2. The molecule has 56 heavy (non-hydrogen) atoms. The van der Waals surface area contributed by atoms with Gasteiger partial charge in [-0.15, -0.1) is 0 Å². The van der Waals surface area contributed by atoms with E-state index < -0.39 is 10.9 Å². The highest BCUT2D eigenvalue weighted by molar-refractivity contribution is 5.73. The molecule has 0 aliphatic heterocycles. The summed E-state index contributed by atoms with van der Waals surface area (Å²) in [6, 6.07) is 0. The first-order valence-electron chi connectivity index (χ1n) is 23.6. The highest BCUT2D eigenvalue weighted by atomic mass is 16.5. The van der Waals surface area contributed by atoms with Crippen molar-refractivity contribution in [2.24, 2.45) is 11.8 Å². The Hall–Kier alpha value is -2.42. The predicted molar refractivity (Wildman–Crippen MR) is 237 cm³/mol. The Labute approximate surface area is 343 Å². The summed E-state index contributed by atoms with van der Waals surface area (Å²) in [6.45, 7) is 13.7. The second-order valence-corrected chi connectivity index (χ2v) is 16.5. The van der Waals surface area contributed by atoms with E-state index >= 15 is 0 Å². The predicted octanol–water partition coefficient (Wildman–Crippen LogP) is 11.4. The molecule has 9 heteroatoms. The quantitative estimate of drug-likeness (QED) is 0.0380. The maximum atomic E-state index is 12.4. The van der Waals surface area contributed by atoms with Gasteiger partial charge in [-0.1, -0.05) is 143 Å². The van der Waals surface area contributed by atoms with Gasteiger partial charge in [-0.3, -0.25) is 19.2 Å². The molecule has 2 N–H and O–H groups in total. The Morgan fingerprint density at radius 3 is 1.52 bits per heavy atom. The van der Waals surface area contributed by atoms with E-state index in [-0.39, 0.29) is 11.9 Å². The molecule has 1 aromatic carbocycles. The van der Waals surface area contributed by atoms with Crippen molar-refractivity contribution >= 4 is 23.3 Å². The maximum Gasteiger partial charge on any atom is 0.305 e. The van der Waals surface area contributed by atoms with Crippen LogP contribution in [0, 0.1) is 11.8 Å². The molecule has 0 saturated carbocycles. The van der Waals surface area contributed by atoms with Crippen LogP contribution in [0.1, 0.15) is 207 Å². The van der Waals surface area contributed by atoms with Gasteiger partial charge < -0.3 is 25.0 Å². The fraction of sp³-hybridized carbons (Fsp3) is 0.872. The Morgan fingerprint density at radius 2 is 0.982 bits per heavy atom. The number of hydrogen-bond acceptors (Lipinski definition) is 9. The Bertz CT molecular complexity index is 1150. The third-order valence-electron chi connectivity index (χ3n) is 11.5. The lowest BCUT2D eigenvalue weighted by molar-refractivity contribution is -0.145. The van der Waals surface area contributed by atoms with Crippen LogP contribution in [0.15, 0.2) is 9.59 Å². The summed E-state index contributed by atoms with van der Waals surface area (Å²) < 4.78 is 11.3. The van der Waals surface area contributed by atoms with Gasteiger partial charge in [-0.05, 0) is 82.8 Å². The molecule has 0 aromatic heterocycles. The van der Waals surface area contributed by atoms with E-state index in [1.54, 1.807) is 7.05 Å². The Kier molecular flexibility index (Phi) is 32.9. The first-order valence-corrected chi connectivity index (χ1v) is 23.6. The van der Waals surface area contributed by atoms with Crippen LogP contribution in [0.2, 0.25) is 0 Å². The first kappa shape index (κ1) is 51.6. The molecule has 0 aliphatic rings. The van der Waals surface area contributed by atoms with Gasteiger partial charge in [0.1, 0.15) is 11.4 Å². The van der Waals surface area contributed by atoms with Crippen LogP contribution in [-0.4, -0.2) is 63.3 Å². The van der Waals surface area contributed by atoms with Crippen molar-refractivity contribution in [2.45, 2.75) is 207 Å². The molecule has 0 unspecified atom stereocenters. The van der Waals surface area contributed by atoms with Crippen LogP contribution in [-0.2, 0) is 19.1 Å². The third-order valence-corrected chi connectivity index (χ3v) is 11.5. The van der Waals surface area contributed by atoms with Crippen molar-refractivity contribution < 1.29 is 19.1 Å². The number of nitrogens with one attached hydrogen (secondary N) is 2. The van der Waals surface area contributed by atoms with Crippen LogP contribution in [0.5, 0.6) is 0 Å². The van der Waals surface area contributed by atoms with Gasteiger partial charge >= 0.3 is 11.9 Å². The van der Waals surface area contributed by atoms with Crippen molar-refractivity contribution in [1.29, 1.82) is 0 Å². The second kappa shape index (κ2) is 35.7. The van der Waals surface area contributed by atoms with Gasteiger partial charge in [0.2, 0.25) is 0 Å². The molecule has 0 atom stereocenters. The first-order chi connectivity index (χ1) is 27.3. The Balaban J connectivity index is 2.35. The summed E-state index contributed by atoms with van der Waals surface area (Å²) in [5.74, 6) is 1.12. The highest BCUT2D eigenvalue weighted by Gasteiger charge is 2.19. The minimum Gasteiger partial charge on any atom is -0.466 e. The fourth-order valence-corrected chi connectivity index (χ4v) is 7.71. The lowest BCUT2D eigenvalue weighted by Crippen LogP contribution is -2.37. The second-order valence-electron chi connectivity index (χ2n) is 16.5. The van der Waals surface area contributed by atoms with Crippen LogP contribution < -0.4 is 21.5 Å². The molecule has 1 rings (SSSR count). The third kappa shape index (κ3) is 25.8. The number of esters is 2. The van der Waals surface area contributed by atoms with Crippen LogP contribution in [0.4, 0.5) is 11.4 Å². The van der Waals surface area contributed by atoms with Gasteiger partial charge in [0, 0.05) is 26.4 Å². The number of carbonyl (C=O) groups is 2. The molecule has 0 saturated heterocycles. The summed E-state index contributed by atoms with van der Waals surface area (Å²) in [5.41, 5.74) is -0.0668. The molecule has 9 nitrogen and oxygen atoms in total. The zero-order valence-corrected chi connectivity index (χ0v) is 37.1. The molecule has 1 aromatic rings. The van der Waals surface area contributed by atoms with E-state index in [1.165, 1.54) is 77.0 Å². The molecule has 0 heterocycles. The molecular formula is C47H87N3O6. The summed E-state index contributed by atoms with van der Waals surface area (Å²) in [6.07, 6.45) is 30.9. The number of carbonyl (C=O) groups excluding carboxylic acids is 2. The van der Waals surface area contributed by atoms with E-state index in [9.17, 15) is 19.2 Å². The maximum absolute atomic E-state index is 12.4. The zero-order valence-electron chi connectivity index (χ0n) is 37.1. The molecule has 326 valence electrons. The van der Waals surface area contributed by atoms with Crippen molar-refractivity contribution in [3.05, 3.63) is 20.4 Å². The summed E-state index contributed by atoms with van der Waals surface area (Å²) in [5, 5.41) is 6.00. The average molecular weight is 790 g/mol. The number of rotatable bonds is 41. The van der Waals surface area contributed by atoms with Crippen LogP contribution in [0.25, 0.3) is 0 Å². The summed E-state index contributed by atoms with van der Waals surface area (Å²) >= 11 is 0. The molecule has 0 amide bonds. The van der Waals surface area contributed by atoms with E-state index in [1.807, 2.05) is 0 Å². The number of unbranched alkanes of at least 4 members (excludes halogenated alkanes) is 14. The van der Waals surface area contributed by atoms with Crippen molar-refractivity contribution in [2.75, 3.05) is 57.1 Å². The largest absolute Gasteiger partial charge is 0.466 e. The molecule has 0 aliphatic carbocycles. The average Bonchev–Trinajstić information content (AvgIpc) is 3.20. The topological polar surface area (TPSA) is 114 Å². The summed E-state index contributed by atoms with van der Waals surface area (Å²) in [7, 11) is 1.67. The number of ether oxygens (including phenoxy) is 2. The van der Waals surface area contributed by atoms with Crippen LogP contribution >= 0.6 is 0 Å². The molecule has 0 spiro atoms. The van der Waals surface area contributed by atoms with E-state index in [2.05, 4.69) is 43.2 Å². The van der Waals surface area contributed by atoms with Crippen molar-refractivity contribution in [3.8, 4) is 0 Å². The van der Waals surface area contributed by atoms with Gasteiger partial charge in [0.15, 0.2) is 0 Å². The SMILES string of the molecule is CCCCCC(CCCCC)CCOC(=O)CCCCCCCN(CCCCCCCC(=O)OCC(CCCC)CCCC)CCCNc1c(NC)c(=O)c1=O. The molecule has 0 radical (unpaired) electrons. The van der Waals surface area contributed by atoms with Gasteiger partial charge in [0.05, 0.1) is 13.2 Å². The zero-order chi connectivity index (χ0) is 41.1. The lowest BCUT2D eigenvalue weighted by Gasteiger charge is -2.23. The van der Waals surface area contributed by atoms with Gasteiger partial charge in [-0.2, -0.15) is 0 Å². The number of anilines is 2. The Morgan fingerprint density at radius 1 is 0.518 bits per heavy atom. The van der Waals surface area contributed by atoms with Gasteiger partial charge in [0.25, 0.3) is 10.9 Å².